The Morgan fingerprint density at radius 2 is 1.84 bits per heavy atom. The highest BCUT2D eigenvalue weighted by Crippen LogP contribution is 2.34. The van der Waals surface area contributed by atoms with Gasteiger partial charge in [-0.25, -0.2) is 0 Å². The van der Waals surface area contributed by atoms with Crippen LogP contribution in [0.4, 0.5) is 5.69 Å². The van der Waals surface area contributed by atoms with Crippen LogP contribution in [0.25, 0.3) is 0 Å². The maximum Gasteiger partial charge on any atom is 0.227 e. The first kappa shape index (κ1) is 17.5. The summed E-state index contributed by atoms with van der Waals surface area (Å²) in [6.07, 6.45) is 2.92. The smallest absolute Gasteiger partial charge is 0.227 e. The van der Waals surface area contributed by atoms with Gasteiger partial charge in [0.2, 0.25) is 11.8 Å². The van der Waals surface area contributed by atoms with E-state index in [1.807, 2.05) is 12.1 Å². The zero-order valence-electron chi connectivity index (χ0n) is 14.8. The standard InChI is InChI=1S/C19H24N2O4/c1-13(22)21-7-3-4-14-11-18(25-2)15(10-17(14)21)12-19(24)20-8-5-16(23)6-9-20/h10-11H,3-9,12H2,1-2H3. The molecule has 1 aromatic carbocycles. The van der Waals surface area contributed by atoms with E-state index in [9.17, 15) is 14.4 Å². The number of methoxy groups -OCH3 is 1. The van der Waals surface area contributed by atoms with Gasteiger partial charge in [0.25, 0.3) is 0 Å². The molecule has 0 radical (unpaired) electrons. The quantitative estimate of drug-likeness (QED) is 0.837. The second-order valence-electron chi connectivity index (χ2n) is 6.66. The molecule has 2 amide bonds. The van der Waals surface area contributed by atoms with Crippen LogP contribution in [0, 0.1) is 0 Å². The number of likely N-dealkylation sites (tertiary alicyclic amines) is 1. The van der Waals surface area contributed by atoms with Crippen molar-refractivity contribution in [2.24, 2.45) is 0 Å². The van der Waals surface area contributed by atoms with Crippen LogP contribution >= 0.6 is 0 Å². The number of rotatable bonds is 3. The minimum Gasteiger partial charge on any atom is -0.496 e. The first-order valence-electron chi connectivity index (χ1n) is 8.77. The first-order chi connectivity index (χ1) is 12.0. The zero-order valence-corrected chi connectivity index (χ0v) is 14.8. The number of hydrogen-bond acceptors (Lipinski definition) is 4. The van der Waals surface area contributed by atoms with Gasteiger partial charge in [0, 0.05) is 50.7 Å². The number of fused-ring (bicyclic) bond motifs is 1. The van der Waals surface area contributed by atoms with Gasteiger partial charge in [-0.2, -0.15) is 0 Å². The third kappa shape index (κ3) is 3.67. The van der Waals surface area contributed by atoms with Crippen LogP contribution in [0.3, 0.4) is 0 Å². The Balaban J connectivity index is 1.85. The van der Waals surface area contributed by atoms with Crippen molar-refractivity contribution in [3.05, 3.63) is 23.3 Å². The molecule has 0 atom stereocenters. The monoisotopic (exact) mass is 344 g/mol. The van der Waals surface area contributed by atoms with E-state index in [-0.39, 0.29) is 24.0 Å². The minimum absolute atomic E-state index is 0.00376. The minimum atomic E-state index is -0.00376. The molecule has 6 nitrogen and oxygen atoms in total. The van der Waals surface area contributed by atoms with Gasteiger partial charge in [-0.3, -0.25) is 14.4 Å². The van der Waals surface area contributed by atoms with Gasteiger partial charge in [0.05, 0.1) is 13.5 Å². The van der Waals surface area contributed by atoms with Gasteiger partial charge in [-0.05, 0) is 30.5 Å². The molecular weight excluding hydrogens is 320 g/mol. The number of carbonyl (C=O) groups is 3. The van der Waals surface area contributed by atoms with Crippen molar-refractivity contribution in [3.63, 3.8) is 0 Å². The van der Waals surface area contributed by atoms with E-state index in [1.165, 1.54) is 0 Å². The van der Waals surface area contributed by atoms with Gasteiger partial charge in [-0.1, -0.05) is 0 Å². The number of anilines is 1. The van der Waals surface area contributed by atoms with E-state index < -0.39 is 0 Å². The third-order valence-corrected chi connectivity index (χ3v) is 5.00. The molecule has 0 aromatic heterocycles. The lowest BCUT2D eigenvalue weighted by Crippen LogP contribution is -2.39. The Morgan fingerprint density at radius 1 is 1.12 bits per heavy atom. The number of carbonyl (C=O) groups excluding carboxylic acids is 3. The molecule has 0 bridgehead atoms. The molecule has 1 aromatic rings. The largest absolute Gasteiger partial charge is 0.496 e. The van der Waals surface area contributed by atoms with Gasteiger partial charge < -0.3 is 14.5 Å². The van der Waals surface area contributed by atoms with Crippen molar-refractivity contribution in [1.82, 2.24) is 4.90 Å². The average molecular weight is 344 g/mol. The number of piperidine rings is 1. The second kappa shape index (κ2) is 7.25. The highest BCUT2D eigenvalue weighted by Gasteiger charge is 2.25. The summed E-state index contributed by atoms with van der Waals surface area (Å²) in [5.74, 6) is 0.909. The number of ketones is 1. The fourth-order valence-corrected chi connectivity index (χ4v) is 3.59. The van der Waals surface area contributed by atoms with E-state index in [0.717, 1.165) is 29.7 Å². The maximum atomic E-state index is 12.6. The van der Waals surface area contributed by atoms with Crippen molar-refractivity contribution in [2.45, 2.75) is 39.0 Å². The highest BCUT2D eigenvalue weighted by molar-refractivity contribution is 5.93. The van der Waals surface area contributed by atoms with E-state index in [0.29, 0.717) is 38.2 Å². The number of nitrogens with zero attached hydrogens (tertiary/aromatic N) is 2. The molecule has 25 heavy (non-hydrogen) atoms. The number of amides is 2. The number of aryl methyl sites for hydroxylation is 1. The average Bonchev–Trinajstić information content (AvgIpc) is 2.61. The summed E-state index contributed by atoms with van der Waals surface area (Å²) in [6, 6.07) is 3.87. The molecule has 0 spiro atoms. The summed E-state index contributed by atoms with van der Waals surface area (Å²) in [7, 11) is 1.60. The van der Waals surface area contributed by atoms with Crippen molar-refractivity contribution in [1.29, 1.82) is 0 Å². The van der Waals surface area contributed by atoms with Gasteiger partial charge in [0.1, 0.15) is 11.5 Å². The lowest BCUT2D eigenvalue weighted by atomic mass is 9.97. The number of Topliss-reactive ketones (excluding diaryl/α,β-unsaturated/α-hetero) is 1. The van der Waals surface area contributed by atoms with Crippen molar-refractivity contribution < 1.29 is 19.1 Å². The molecular formula is C19H24N2O4. The van der Waals surface area contributed by atoms with Crippen molar-refractivity contribution >= 4 is 23.3 Å². The summed E-state index contributed by atoms with van der Waals surface area (Å²) in [5, 5.41) is 0. The summed E-state index contributed by atoms with van der Waals surface area (Å²) < 4.78 is 5.48. The van der Waals surface area contributed by atoms with Crippen LogP contribution in [0.2, 0.25) is 0 Å². The fraction of sp³-hybridized carbons (Fsp3) is 0.526. The van der Waals surface area contributed by atoms with Crippen LogP contribution < -0.4 is 9.64 Å². The molecule has 2 aliphatic rings. The summed E-state index contributed by atoms with van der Waals surface area (Å²) in [4.78, 5) is 39.4. The number of hydrogen-bond donors (Lipinski definition) is 0. The van der Waals surface area contributed by atoms with Crippen LogP contribution in [-0.2, 0) is 27.2 Å². The van der Waals surface area contributed by atoms with Crippen LogP contribution in [0.15, 0.2) is 12.1 Å². The van der Waals surface area contributed by atoms with Crippen molar-refractivity contribution in [2.75, 3.05) is 31.6 Å². The van der Waals surface area contributed by atoms with E-state index in [2.05, 4.69) is 0 Å². The van der Waals surface area contributed by atoms with Crippen LogP contribution in [0.5, 0.6) is 5.75 Å². The molecule has 0 saturated carbocycles. The zero-order chi connectivity index (χ0) is 18.0. The van der Waals surface area contributed by atoms with Crippen LogP contribution in [0.1, 0.15) is 37.3 Å². The molecule has 2 heterocycles. The topological polar surface area (TPSA) is 66.9 Å². The van der Waals surface area contributed by atoms with Gasteiger partial charge >= 0.3 is 0 Å². The Bertz CT molecular complexity index is 704. The summed E-state index contributed by atoms with van der Waals surface area (Å²) in [6.45, 7) is 3.25. The molecule has 0 N–H and O–H groups in total. The highest BCUT2D eigenvalue weighted by atomic mass is 16.5. The third-order valence-electron chi connectivity index (χ3n) is 5.00. The molecule has 134 valence electrons. The fourth-order valence-electron chi connectivity index (χ4n) is 3.59. The first-order valence-corrected chi connectivity index (χ1v) is 8.77. The molecule has 1 fully saturated rings. The van der Waals surface area contributed by atoms with E-state index >= 15 is 0 Å². The molecule has 1 saturated heterocycles. The van der Waals surface area contributed by atoms with E-state index in [1.54, 1.807) is 23.8 Å². The summed E-state index contributed by atoms with van der Waals surface area (Å²) in [5.41, 5.74) is 2.76. The van der Waals surface area contributed by atoms with Gasteiger partial charge in [-0.15, -0.1) is 0 Å². The molecule has 0 unspecified atom stereocenters. The van der Waals surface area contributed by atoms with Crippen molar-refractivity contribution in [3.8, 4) is 5.75 Å². The lowest BCUT2D eigenvalue weighted by Gasteiger charge is -2.30. The Morgan fingerprint density at radius 3 is 2.48 bits per heavy atom. The number of ether oxygens (including phenoxy) is 1. The van der Waals surface area contributed by atoms with E-state index in [4.69, 9.17) is 4.74 Å². The SMILES string of the molecule is COc1cc2c(cc1CC(=O)N1CCC(=O)CC1)N(C(C)=O)CCC2. The lowest BCUT2D eigenvalue weighted by molar-refractivity contribution is -0.134. The normalized spacial score (nSPS) is 17.3. The molecule has 6 heteroatoms. The Labute approximate surface area is 147 Å². The van der Waals surface area contributed by atoms with Gasteiger partial charge in [0.15, 0.2) is 0 Å². The second-order valence-corrected chi connectivity index (χ2v) is 6.66. The Kier molecular flexibility index (Phi) is 5.06. The predicted molar refractivity (Wildman–Crippen MR) is 93.9 cm³/mol. The summed E-state index contributed by atoms with van der Waals surface area (Å²) >= 11 is 0. The molecule has 2 aliphatic heterocycles. The molecule has 0 aliphatic carbocycles. The Hall–Kier alpha value is -2.37. The maximum absolute atomic E-state index is 12.6. The number of benzene rings is 1. The molecule has 3 rings (SSSR count). The predicted octanol–water partition coefficient (Wildman–Crippen LogP) is 1.73. The van der Waals surface area contributed by atoms with Crippen LogP contribution in [-0.4, -0.2) is 49.2 Å².